The van der Waals surface area contributed by atoms with E-state index in [-0.39, 0.29) is 33.7 Å². The lowest BCUT2D eigenvalue weighted by Gasteiger charge is -2.01. The molecule has 0 atom stereocenters. The van der Waals surface area contributed by atoms with Crippen molar-refractivity contribution in [1.82, 2.24) is 25.6 Å². The van der Waals surface area contributed by atoms with Crippen LogP contribution in [0.3, 0.4) is 0 Å². The molecule has 0 aliphatic heterocycles. The number of amides is 1. The molecule has 0 radical (unpaired) electrons. The number of nitro benzene ring substituents is 1. The summed E-state index contributed by atoms with van der Waals surface area (Å²) in [5.74, 6) is -0.281. The molecule has 0 fully saturated rings. The first-order valence-electron chi connectivity index (χ1n) is 7.83. The number of hydrogen-bond donors (Lipinski definition) is 1. The number of hydrazone groups is 1. The van der Waals surface area contributed by atoms with Gasteiger partial charge < -0.3 is 0 Å². The van der Waals surface area contributed by atoms with Crippen molar-refractivity contribution in [2.24, 2.45) is 5.10 Å². The summed E-state index contributed by atoms with van der Waals surface area (Å²) in [7, 11) is 0. The Morgan fingerprint density at radius 3 is 2.69 bits per heavy atom. The molecular formula is C16H10Cl3N7O3. The van der Waals surface area contributed by atoms with Crippen molar-refractivity contribution in [3.05, 3.63) is 67.1 Å². The van der Waals surface area contributed by atoms with Crippen LogP contribution in [0.15, 0.2) is 41.5 Å². The predicted octanol–water partition coefficient (Wildman–Crippen LogP) is 3.36. The van der Waals surface area contributed by atoms with E-state index < -0.39 is 10.8 Å². The van der Waals surface area contributed by atoms with Crippen LogP contribution in [0.4, 0.5) is 5.69 Å². The number of aromatic nitrogens is 4. The van der Waals surface area contributed by atoms with Crippen LogP contribution < -0.4 is 5.43 Å². The molecular weight excluding hydrogens is 445 g/mol. The maximum atomic E-state index is 12.0. The molecule has 13 heteroatoms. The van der Waals surface area contributed by atoms with Crippen molar-refractivity contribution in [3.8, 4) is 11.4 Å². The van der Waals surface area contributed by atoms with Crippen molar-refractivity contribution in [1.29, 1.82) is 0 Å². The number of carbonyl (C=O) groups is 1. The van der Waals surface area contributed by atoms with Gasteiger partial charge in [0.2, 0.25) is 5.82 Å². The maximum absolute atomic E-state index is 12.0. The second-order valence-corrected chi connectivity index (χ2v) is 6.72. The Kier molecular flexibility index (Phi) is 6.37. The molecule has 0 aliphatic carbocycles. The number of halogens is 3. The van der Waals surface area contributed by atoms with Gasteiger partial charge in [-0.1, -0.05) is 46.9 Å². The van der Waals surface area contributed by atoms with Crippen LogP contribution >= 0.6 is 34.8 Å². The minimum Gasteiger partial charge on any atom is -0.271 e. The monoisotopic (exact) mass is 453 g/mol. The minimum absolute atomic E-state index is 0.104. The first-order chi connectivity index (χ1) is 13.8. The summed E-state index contributed by atoms with van der Waals surface area (Å²) >= 11 is 17.8. The fraction of sp³-hybridized carbons (Fsp3) is 0.0625. The molecule has 1 amide bonds. The summed E-state index contributed by atoms with van der Waals surface area (Å²) in [6.07, 6.45) is 1.16. The van der Waals surface area contributed by atoms with Gasteiger partial charge in [-0.15, -0.1) is 10.2 Å². The molecule has 148 valence electrons. The van der Waals surface area contributed by atoms with E-state index in [4.69, 9.17) is 34.8 Å². The molecule has 3 rings (SSSR count). The van der Waals surface area contributed by atoms with Gasteiger partial charge in [-0.2, -0.15) is 9.90 Å². The summed E-state index contributed by atoms with van der Waals surface area (Å²) < 4.78 is 0. The predicted molar refractivity (Wildman–Crippen MR) is 107 cm³/mol. The highest BCUT2D eigenvalue weighted by Crippen LogP contribution is 2.29. The third-order valence-electron chi connectivity index (χ3n) is 3.51. The van der Waals surface area contributed by atoms with E-state index in [1.54, 1.807) is 24.3 Å². The van der Waals surface area contributed by atoms with Crippen LogP contribution in [-0.2, 0) is 11.3 Å². The summed E-state index contributed by atoms with van der Waals surface area (Å²) in [5, 5.41) is 26.9. The quantitative estimate of drug-likeness (QED) is 0.345. The number of nitro groups is 1. The molecule has 0 bridgehead atoms. The lowest BCUT2D eigenvalue weighted by molar-refractivity contribution is -0.384. The Morgan fingerprint density at radius 2 is 1.97 bits per heavy atom. The summed E-state index contributed by atoms with van der Waals surface area (Å²) in [6, 6.07) is 9.32. The number of benzene rings is 2. The van der Waals surface area contributed by atoms with Crippen molar-refractivity contribution >= 4 is 52.6 Å². The Bertz CT molecular complexity index is 1120. The number of nitrogens with one attached hydrogen (secondary N) is 1. The zero-order chi connectivity index (χ0) is 21.0. The molecule has 1 heterocycles. The Morgan fingerprint density at radius 1 is 1.21 bits per heavy atom. The lowest BCUT2D eigenvalue weighted by Crippen LogP contribution is -2.24. The third kappa shape index (κ3) is 5.05. The van der Waals surface area contributed by atoms with E-state index in [1.807, 2.05) is 0 Å². The van der Waals surface area contributed by atoms with Gasteiger partial charge in [0.15, 0.2) is 0 Å². The zero-order valence-corrected chi connectivity index (χ0v) is 16.6. The number of tetrazole rings is 1. The van der Waals surface area contributed by atoms with Crippen LogP contribution in [0.5, 0.6) is 0 Å². The van der Waals surface area contributed by atoms with Gasteiger partial charge in [0.1, 0.15) is 11.6 Å². The van der Waals surface area contributed by atoms with Gasteiger partial charge in [-0.25, -0.2) is 5.43 Å². The highest BCUT2D eigenvalue weighted by Gasteiger charge is 2.15. The number of carbonyl (C=O) groups excluding carboxylic acids is 1. The summed E-state index contributed by atoms with van der Waals surface area (Å²) in [5.41, 5.74) is 2.71. The second-order valence-electron chi connectivity index (χ2n) is 5.50. The van der Waals surface area contributed by atoms with Crippen LogP contribution in [0.1, 0.15) is 5.56 Å². The van der Waals surface area contributed by atoms with Crippen molar-refractivity contribution in [2.75, 3.05) is 0 Å². The molecule has 2 aromatic carbocycles. The highest BCUT2D eigenvalue weighted by molar-refractivity contribution is 6.37. The molecule has 29 heavy (non-hydrogen) atoms. The summed E-state index contributed by atoms with van der Waals surface area (Å²) in [4.78, 5) is 23.3. The molecule has 0 saturated carbocycles. The largest absolute Gasteiger partial charge is 0.288 e. The van der Waals surface area contributed by atoms with Gasteiger partial charge in [0.25, 0.3) is 11.6 Å². The van der Waals surface area contributed by atoms with E-state index in [9.17, 15) is 14.9 Å². The van der Waals surface area contributed by atoms with E-state index in [1.165, 1.54) is 6.07 Å². The lowest BCUT2D eigenvalue weighted by atomic mass is 10.2. The van der Waals surface area contributed by atoms with Crippen molar-refractivity contribution in [3.63, 3.8) is 0 Å². The van der Waals surface area contributed by atoms with Crippen LogP contribution in [-0.4, -0.2) is 37.3 Å². The number of rotatable bonds is 6. The minimum atomic E-state index is -0.651. The Labute approximate surface area is 178 Å². The first kappa shape index (κ1) is 20.6. The van der Waals surface area contributed by atoms with Gasteiger partial charge >= 0.3 is 0 Å². The van der Waals surface area contributed by atoms with E-state index >= 15 is 0 Å². The molecule has 0 saturated heterocycles. The Balaban J connectivity index is 1.64. The van der Waals surface area contributed by atoms with E-state index in [0.29, 0.717) is 10.6 Å². The number of hydrogen-bond acceptors (Lipinski definition) is 7. The second kappa shape index (κ2) is 8.95. The first-order valence-corrected chi connectivity index (χ1v) is 8.96. The van der Waals surface area contributed by atoms with Crippen molar-refractivity contribution in [2.45, 2.75) is 6.54 Å². The average Bonchev–Trinajstić information content (AvgIpc) is 3.11. The van der Waals surface area contributed by atoms with Gasteiger partial charge in [0.05, 0.1) is 21.2 Å². The molecule has 0 unspecified atom stereocenters. The van der Waals surface area contributed by atoms with Crippen molar-refractivity contribution < 1.29 is 9.72 Å². The van der Waals surface area contributed by atoms with Crippen LogP contribution in [0.25, 0.3) is 11.4 Å². The molecule has 1 aromatic heterocycles. The zero-order valence-electron chi connectivity index (χ0n) is 14.3. The Hall–Kier alpha value is -3.08. The van der Waals surface area contributed by atoms with E-state index in [2.05, 4.69) is 25.9 Å². The van der Waals surface area contributed by atoms with Crippen LogP contribution in [0.2, 0.25) is 15.1 Å². The standard InChI is InChI=1S/C16H10Cl3N7O3/c17-11-4-2-1-3-10(11)16-22-24-25(23-16)8-15(27)21-20-7-9-5-14(26(28)29)13(19)6-12(9)18/h1-7H,8H2,(H,21,27)/b20-7-. The fourth-order valence-corrected chi connectivity index (χ4v) is 2.91. The van der Waals surface area contributed by atoms with E-state index in [0.717, 1.165) is 17.1 Å². The molecule has 1 N–H and O–H groups in total. The molecule has 0 spiro atoms. The van der Waals surface area contributed by atoms with Gasteiger partial charge in [-0.05, 0) is 23.4 Å². The maximum Gasteiger partial charge on any atom is 0.288 e. The van der Waals surface area contributed by atoms with Crippen LogP contribution in [0, 0.1) is 10.1 Å². The highest BCUT2D eigenvalue weighted by atomic mass is 35.5. The topological polar surface area (TPSA) is 128 Å². The summed E-state index contributed by atoms with van der Waals surface area (Å²) in [6.45, 7) is -0.261. The van der Waals surface area contributed by atoms with Gasteiger partial charge in [0, 0.05) is 17.2 Å². The normalized spacial score (nSPS) is 11.0. The molecule has 3 aromatic rings. The average molecular weight is 455 g/mol. The third-order valence-corrected chi connectivity index (χ3v) is 4.47. The number of nitrogens with zero attached hydrogens (tertiary/aromatic N) is 6. The SMILES string of the molecule is O=C(Cn1nnc(-c2ccccc2Cl)n1)N/N=C\c1cc([N+](=O)[O-])c(Cl)cc1Cl. The molecule has 10 nitrogen and oxygen atoms in total. The molecule has 0 aliphatic rings. The van der Waals surface area contributed by atoms with Gasteiger partial charge in [-0.3, -0.25) is 14.9 Å². The smallest absolute Gasteiger partial charge is 0.271 e. The fourth-order valence-electron chi connectivity index (χ4n) is 2.19.